The highest BCUT2D eigenvalue weighted by Crippen LogP contribution is 1.81. The van der Waals surface area contributed by atoms with Crippen molar-refractivity contribution in [3.05, 3.63) is 0 Å². The van der Waals surface area contributed by atoms with Gasteiger partial charge in [-0.3, -0.25) is 9.59 Å². The number of carbonyl (C=O) groups is 2. The molecule has 0 fully saturated rings. The Hall–Kier alpha value is -0.570. The van der Waals surface area contributed by atoms with Gasteiger partial charge in [0.25, 0.3) is 6.47 Å². The van der Waals surface area contributed by atoms with Gasteiger partial charge in [-0.1, -0.05) is 6.92 Å². The molecule has 0 heterocycles. The number of rotatable bonds is 3. The van der Waals surface area contributed by atoms with E-state index in [4.69, 9.17) is 11.6 Å². The molecule has 0 aliphatic carbocycles. The van der Waals surface area contributed by atoms with E-state index in [1.165, 1.54) is 0 Å². The van der Waals surface area contributed by atoms with E-state index in [1.54, 1.807) is 13.8 Å². The van der Waals surface area contributed by atoms with Crippen molar-refractivity contribution in [1.82, 2.24) is 0 Å². The number of hydrogen-bond donors (Lipinski definition) is 0. The van der Waals surface area contributed by atoms with Gasteiger partial charge in [0.05, 0.1) is 6.61 Å². The molecule has 0 N–H and O–H groups in total. The fourth-order valence-electron chi connectivity index (χ4n) is 0.0680. The van der Waals surface area contributed by atoms with Gasteiger partial charge in [0, 0.05) is 6.42 Å². The third kappa shape index (κ3) is 26.1. The van der Waals surface area contributed by atoms with Gasteiger partial charge in [0.2, 0.25) is 5.24 Å². The van der Waals surface area contributed by atoms with Gasteiger partial charge in [-0.05, 0) is 18.5 Å². The maximum atomic E-state index is 9.58. The van der Waals surface area contributed by atoms with Crippen molar-refractivity contribution in [2.24, 2.45) is 0 Å². The first-order valence-electron chi connectivity index (χ1n) is 2.92. The van der Waals surface area contributed by atoms with E-state index in [2.05, 4.69) is 4.74 Å². The van der Waals surface area contributed by atoms with Crippen LogP contribution in [0.4, 0.5) is 0 Å². The zero-order valence-corrected chi connectivity index (χ0v) is 6.85. The van der Waals surface area contributed by atoms with Crippen LogP contribution in [0.1, 0.15) is 20.3 Å². The summed E-state index contributed by atoms with van der Waals surface area (Å²) < 4.78 is 4.15. The van der Waals surface area contributed by atoms with Gasteiger partial charge in [0.1, 0.15) is 0 Å². The summed E-state index contributed by atoms with van der Waals surface area (Å²) in [6.07, 6.45) is 0.432. The SMILES string of the molecule is CCC(=O)Cl.CCOC=O. The van der Waals surface area contributed by atoms with Crippen molar-refractivity contribution in [2.75, 3.05) is 6.61 Å². The molecule has 0 rings (SSSR count). The molecule has 0 amide bonds. The predicted molar refractivity (Wildman–Crippen MR) is 38.8 cm³/mol. The Labute approximate surface area is 65.3 Å². The zero-order valence-electron chi connectivity index (χ0n) is 6.09. The minimum absolute atomic E-state index is 0.273. The molecule has 0 atom stereocenters. The lowest BCUT2D eigenvalue weighted by atomic mass is 10.6. The Morgan fingerprint density at radius 1 is 1.60 bits per heavy atom. The van der Waals surface area contributed by atoms with Crippen LogP contribution in [0.25, 0.3) is 0 Å². The smallest absolute Gasteiger partial charge is 0.293 e. The van der Waals surface area contributed by atoms with Crippen molar-refractivity contribution in [3.8, 4) is 0 Å². The van der Waals surface area contributed by atoms with Crippen LogP contribution in [-0.4, -0.2) is 18.3 Å². The van der Waals surface area contributed by atoms with Crippen molar-refractivity contribution >= 4 is 23.3 Å². The van der Waals surface area contributed by atoms with Gasteiger partial charge in [-0.25, -0.2) is 0 Å². The number of hydrogen-bond acceptors (Lipinski definition) is 3. The molecule has 0 aromatic rings. The molecule has 0 saturated heterocycles. The highest BCUT2D eigenvalue weighted by molar-refractivity contribution is 6.63. The predicted octanol–water partition coefficient (Wildman–Crippen LogP) is 1.34. The maximum absolute atomic E-state index is 9.58. The van der Waals surface area contributed by atoms with Gasteiger partial charge < -0.3 is 4.74 Å². The quantitative estimate of drug-likeness (QED) is 0.470. The first kappa shape index (κ1) is 12.1. The molecule has 4 heteroatoms. The number of carbonyl (C=O) groups excluding carboxylic acids is 2. The molecule has 0 unspecified atom stereocenters. The Morgan fingerprint density at radius 3 is 2.00 bits per heavy atom. The average Bonchev–Trinajstić information content (AvgIpc) is 1.91. The normalized spacial score (nSPS) is 7.10. The van der Waals surface area contributed by atoms with Gasteiger partial charge >= 0.3 is 0 Å². The Kier molecular flexibility index (Phi) is 13.7. The second-order valence-electron chi connectivity index (χ2n) is 1.26. The molecule has 0 aliphatic heterocycles. The molecule has 3 nitrogen and oxygen atoms in total. The summed E-state index contributed by atoms with van der Waals surface area (Å²) in [7, 11) is 0. The topological polar surface area (TPSA) is 43.4 Å². The summed E-state index contributed by atoms with van der Waals surface area (Å²) >= 11 is 4.82. The third-order valence-corrected chi connectivity index (χ3v) is 0.780. The second kappa shape index (κ2) is 11.3. The average molecular weight is 167 g/mol. The van der Waals surface area contributed by atoms with E-state index in [0.717, 1.165) is 0 Å². The van der Waals surface area contributed by atoms with Crippen molar-refractivity contribution in [1.29, 1.82) is 0 Å². The molecule has 0 saturated carbocycles. The van der Waals surface area contributed by atoms with Crippen molar-refractivity contribution < 1.29 is 14.3 Å². The summed E-state index contributed by atoms with van der Waals surface area (Å²) in [5.41, 5.74) is 0. The standard InChI is InChI=1S/C3H5ClO.C3H6O2/c1-2-3(4)5;1-2-5-3-4/h2H2,1H3;3H,2H2,1H3. The first-order chi connectivity index (χ1) is 4.68. The molecule has 0 aromatic carbocycles. The molecule has 10 heavy (non-hydrogen) atoms. The highest BCUT2D eigenvalue weighted by Gasteiger charge is 1.81. The van der Waals surface area contributed by atoms with Crippen molar-refractivity contribution in [3.63, 3.8) is 0 Å². The van der Waals surface area contributed by atoms with E-state index >= 15 is 0 Å². The van der Waals surface area contributed by atoms with Gasteiger partial charge in [-0.2, -0.15) is 0 Å². The summed E-state index contributed by atoms with van der Waals surface area (Å²) in [5, 5.41) is -0.273. The summed E-state index contributed by atoms with van der Waals surface area (Å²) in [6, 6.07) is 0. The molecular weight excluding hydrogens is 156 g/mol. The van der Waals surface area contributed by atoms with E-state index in [0.29, 0.717) is 19.5 Å². The number of ether oxygens (including phenoxy) is 1. The van der Waals surface area contributed by atoms with Crippen LogP contribution in [0.3, 0.4) is 0 Å². The maximum Gasteiger partial charge on any atom is 0.293 e. The summed E-state index contributed by atoms with van der Waals surface area (Å²) in [4.78, 5) is 18.8. The lowest BCUT2D eigenvalue weighted by Gasteiger charge is -1.79. The van der Waals surface area contributed by atoms with Crippen LogP contribution in [0, 0.1) is 0 Å². The lowest BCUT2D eigenvalue weighted by molar-refractivity contribution is -0.128. The molecule has 0 spiro atoms. The molecule has 0 bridgehead atoms. The monoisotopic (exact) mass is 166 g/mol. The van der Waals surface area contributed by atoms with Crippen LogP contribution >= 0.6 is 11.6 Å². The minimum atomic E-state index is -0.273. The Morgan fingerprint density at radius 2 is 2.00 bits per heavy atom. The lowest BCUT2D eigenvalue weighted by Crippen LogP contribution is -1.80. The minimum Gasteiger partial charge on any atom is -0.468 e. The van der Waals surface area contributed by atoms with Crippen LogP contribution in [-0.2, 0) is 14.3 Å². The summed E-state index contributed by atoms with van der Waals surface area (Å²) in [6.45, 7) is 4.38. The fourth-order valence-corrected chi connectivity index (χ4v) is 0.0680. The van der Waals surface area contributed by atoms with Gasteiger partial charge in [0.15, 0.2) is 0 Å². The zero-order chi connectivity index (χ0) is 8.41. The second-order valence-corrected chi connectivity index (χ2v) is 1.68. The Balaban J connectivity index is 0. The molecule has 0 radical (unpaired) electrons. The fraction of sp³-hybridized carbons (Fsp3) is 0.667. The van der Waals surface area contributed by atoms with Crippen LogP contribution < -0.4 is 0 Å². The molecular formula is C6H11ClO3. The molecule has 60 valence electrons. The number of halogens is 1. The van der Waals surface area contributed by atoms with Crippen LogP contribution in [0.2, 0.25) is 0 Å². The first-order valence-corrected chi connectivity index (χ1v) is 3.30. The third-order valence-electron chi connectivity index (χ3n) is 0.513. The van der Waals surface area contributed by atoms with Crippen LogP contribution in [0.15, 0.2) is 0 Å². The van der Waals surface area contributed by atoms with E-state index in [9.17, 15) is 9.59 Å². The van der Waals surface area contributed by atoms with E-state index < -0.39 is 0 Å². The van der Waals surface area contributed by atoms with Crippen LogP contribution in [0.5, 0.6) is 0 Å². The summed E-state index contributed by atoms with van der Waals surface area (Å²) in [5.74, 6) is 0. The highest BCUT2D eigenvalue weighted by atomic mass is 35.5. The van der Waals surface area contributed by atoms with Gasteiger partial charge in [-0.15, -0.1) is 0 Å². The molecule has 0 aromatic heterocycles. The Bertz CT molecular complexity index is 93.0. The molecule has 0 aliphatic rings. The van der Waals surface area contributed by atoms with E-state index in [-0.39, 0.29) is 5.24 Å². The van der Waals surface area contributed by atoms with Crippen molar-refractivity contribution in [2.45, 2.75) is 20.3 Å². The van der Waals surface area contributed by atoms with E-state index in [1.807, 2.05) is 0 Å². The largest absolute Gasteiger partial charge is 0.468 e.